The predicted octanol–water partition coefficient (Wildman–Crippen LogP) is 11.1. The number of aromatic nitrogens is 3. The summed E-state index contributed by atoms with van der Waals surface area (Å²) in [6, 6.07) is 50.0. The summed E-state index contributed by atoms with van der Waals surface area (Å²) >= 11 is 1.84. The molecule has 4 heteroatoms. The van der Waals surface area contributed by atoms with Crippen LogP contribution >= 0.6 is 11.3 Å². The van der Waals surface area contributed by atoms with E-state index in [1.54, 1.807) is 0 Å². The number of fused-ring (bicyclic) bond motifs is 11. The lowest BCUT2D eigenvalue weighted by atomic mass is 10.0. The quantitative estimate of drug-likeness (QED) is 0.191. The predicted molar refractivity (Wildman–Crippen MR) is 187 cm³/mol. The molecule has 0 saturated carbocycles. The van der Waals surface area contributed by atoms with Gasteiger partial charge in [0.05, 0.1) is 22.2 Å². The molecule has 44 heavy (non-hydrogen) atoms. The average Bonchev–Trinajstić information content (AvgIpc) is 3.63. The third kappa shape index (κ3) is 3.31. The van der Waals surface area contributed by atoms with Crippen LogP contribution in [0.3, 0.4) is 0 Å². The molecule has 0 bridgehead atoms. The molecular weight excluding hydrogens is 555 g/mol. The second kappa shape index (κ2) is 8.96. The second-order valence-electron chi connectivity index (χ2n) is 11.4. The summed E-state index contributed by atoms with van der Waals surface area (Å²) in [5.74, 6) is 0.682. The van der Waals surface area contributed by atoms with Crippen molar-refractivity contribution in [3.63, 3.8) is 0 Å². The smallest absolute Gasteiger partial charge is 0.235 e. The van der Waals surface area contributed by atoms with Crippen LogP contribution in [0.25, 0.3) is 91.6 Å². The van der Waals surface area contributed by atoms with Crippen LogP contribution in [-0.2, 0) is 0 Å². The van der Waals surface area contributed by atoms with Crippen LogP contribution in [0.2, 0.25) is 0 Å². The summed E-state index contributed by atoms with van der Waals surface area (Å²) in [5.41, 5.74) is 5.21. The van der Waals surface area contributed by atoms with Crippen LogP contribution in [0, 0.1) is 0 Å². The van der Waals surface area contributed by atoms with Crippen LogP contribution in [-0.4, -0.2) is 14.5 Å². The van der Waals surface area contributed by atoms with Crippen LogP contribution in [0.1, 0.15) is 0 Å². The summed E-state index contributed by atoms with van der Waals surface area (Å²) in [5, 5.41) is 10.8. The first-order valence-corrected chi connectivity index (χ1v) is 15.7. The zero-order valence-corrected chi connectivity index (χ0v) is 24.3. The Morgan fingerprint density at radius 2 is 1.11 bits per heavy atom. The van der Waals surface area contributed by atoms with Gasteiger partial charge in [0.2, 0.25) is 5.95 Å². The van der Waals surface area contributed by atoms with Gasteiger partial charge in [-0.2, -0.15) is 0 Å². The molecule has 0 aliphatic carbocycles. The van der Waals surface area contributed by atoms with Gasteiger partial charge in [0.15, 0.2) is 0 Å². The fourth-order valence-corrected chi connectivity index (χ4v) is 8.15. The number of hydrogen-bond acceptors (Lipinski definition) is 3. The summed E-state index contributed by atoms with van der Waals surface area (Å²) < 4.78 is 4.82. The van der Waals surface area contributed by atoms with Crippen molar-refractivity contribution in [3.8, 4) is 17.2 Å². The van der Waals surface area contributed by atoms with Crippen molar-refractivity contribution in [1.29, 1.82) is 0 Å². The third-order valence-electron chi connectivity index (χ3n) is 8.99. The number of hydrogen-bond donors (Lipinski definition) is 0. The first-order chi connectivity index (χ1) is 21.8. The Labute approximate surface area is 256 Å². The molecule has 3 aromatic heterocycles. The molecule has 0 atom stereocenters. The molecule has 0 saturated heterocycles. The van der Waals surface area contributed by atoms with Crippen molar-refractivity contribution in [2.75, 3.05) is 0 Å². The molecule has 0 fully saturated rings. The van der Waals surface area contributed by atoms with E-state index in [-0.39, 0.29) is 0 Å². The lowest BCUT2D eigenvalue weighted by Crippen LogP contribution is -2.03. The van der Waals surface area contributed by atoms with Crippen molar-refractivity contribution in [3.05, 3.63) is 140 Å². The first kappa shape index (κ1) is 23.9. The van der Waals surface area contributed by atoms with E-state index in [1.165, 1.54) is 47.1 Å². The summed E-state index contributed by atoms with van der Waals surface area (Å²) in [6.07, 6.45) is 0. The highest BCUT2D eigenvalue weighted by Crippen LogP contribution is 2.40. The van der Waals surface area contributed by atoms with E-state index < -0.39 is 0 Å². The number of para-hydroxylation sites is 1. The van der Waals surface area contributed by atoms with Crippen LogP contribution in [0.15, 0.2) is 140 Å². The molecule has 10 rings (SSSR count). The third-order valence-corrected chi connectivity index (χ3v) is 10.1. The number of nitrogens with zero attached hydrogens (tertiary/aromatic N) is 3. The Morgan fingerprint density at radius 1 is 0.455 bits per heavy atom. The maximum atomic E-state index is 5.42. The van der Waals surface area contributed by atoms with E-state index in [9.17, 15) is 0 Å². The van der Waals surface area contributed by atoms with E-state index in [1.807, 2.05) is 11.3 Å². The minimum atomic E-state index is 0.682. The van der Waals surface area contributed by atoms with E-state index in [0.29, 0.717) is 5.95 Å². The van der Waals surface area contributed by atoms with Gasteiger partial charge >= 0.3 is 0 Å². The monoisotopic (exact) mass is 577 g/mol. The lowest BCUT2D eigenvalue weighted by molar-refractivity contribution is 1.02. The molecule has 3 nitrogen and oxygen atoms in total. The van der Waals surface area contributed by atoms with E-state index in [0.717, 1.165) is 38.6 Å². The maximum Gasteiger partial charge on any atom is 0.235 e. The average molecular weight is 578 g/mol. The highest BCUT2D eigenvalue weighted by Gasteiger charge is 2.20. The van der Waals surface area contributed by atoms with Crippen molar-refractivity contribution >= 4 is 85.8 Å². The fourth-order valence-electron chi connectivity index (χ4n) is 7.00. The molecule has 204 valence electrons. The Kier molecular flexibility index (Phi) is 4.87. The van der Waals surface area contributed by atoms with E-state index >= 15 is 0 Å². The van der Waals surface area contributed by atoms with Gasteiger partial charge in [0.1, 0.15) is 0 Å². The highest BCUT2D eigenvalue weighted by molar-refractivity contribution is 7.25. The van der Waals surface area contributed by atoms with Gasteiger partial charge in [0, 0.05) is 47.3 Å². The summed E-state index contributed by atoms with van der Waals surface area (Å²) in [7, 11) is 0. The molecule has 10 aromatic rings. The van der Waals surface area contributed by atoms with Gasteiger partial charge in [-0.1, -0.05) is 109 Å². The molecule has 0 N–H and O–H groups in total. The minimum Gasteiger partial charge on any atom is -0.278 e. The van der Waals surface area contributed by atoms with Gasteiger partial charge in [-0.05, 0) is 46.5 Å². The van der Waals surface area contributed by atoms with E-state index in [4.69, 9.17) is 9.97 Å². The van der Waals surface area contributed by atoms with Crippen LogP contribution in [0.4, 0.5) is 0 Å². The van der Waals surface area contributed by atoms with Crippen LogP contribution < -0.4 is 0 Å². The molecular formula is C40H23N3S. The Hall–Kier alpha value is -5.58. The van der Waals surface area contributed by atoms with E-state index in [2.05, 4.69) is 144 Å². The van der Waals surface area contributed by atoms with Gasteiger partial charge in [-0.25, -0.2) is 9.97 Å². The summed E-state index contributed by atoms with van der Waals surface area (Å²) in [6.45, 7) is 0. The fraction of sp³-hybridized carbons (Fsp3) is 0. The van der Waals surface area contributed by atoms with Crippen LogP contribution in [0.5, 0.6) is 0 Å². The van der Waals surface area contributed by atoms with Gasteiger partial charge < -0.3 is 0 Å². The lowest BCUT2D eigenvalue weighted by Gasteiger charge is -2.13. The zero-order valence-electron chi connectivity index (χ0n) is 23.5. The Morgan fingerprint density at radius 3 is 2.00 bits per heavy atom. The molecule has 0 unspecified atom stereocenters. The van der Waals surface area contributed by atoms with Crippen molar-refractivity contribution in [2.24, 2.45) is 0 Å². The highest BCUT2D eigenvalue weighted by atomic mass is 32.1. The zero-order chi connectivity index (χ0) is 28.8. The number of benzene rings is 7. The molecule has 3 heterocycles. The molecule has 0 radical (unpaired) electrons. The SMILES string of the molecule is c1ccc2c(c1)ccc1c(-c3ccc4c(c3)sc3ccccc34)nc(-n3c4ccccc4c4c5ccccc5ccc43)nc12. The number of rotatable bonds is 2. The first-order valence-electron chi connectivity index (χ1n) is 14.8. The minimum absolute atomic E-state index is 0.682. The Bertz CT molecular complexity index is 2790. The molecule has 0 amide bonds. The molecule has 0 aliphatic heterocycles. The molecule has 7 aromatic carbocycles. The van der Waals surface area contributed by atoms with Crippen molar-refractivity contribution in [2.45, 2.75) is 0 Å². The van der Waals surface area contributed by atoms with Gasteiger partial charge in [-0.15, -0.1) is 11.3 Å². The van der Waals surface area contributed by atoms with Gasteiger partial charge in [-0.3, -0.25) is 4.57 Å². The second-order valence-corrected chi connectivity index (χ2v) is 12.5. The molecule has 0 spiro atoms. The normalized spacial score (nSPS) is 12.1. The molecule has 0 aliphatic rings. The van der Waals surface area contributed by atoms with Crippen molar-refractivity contribution in [1.82, 2.24) is 14.5 Å². The largest absolute Gasteiger partial charge is 0.278 e. The summed E-state index contributed by atoms with van der Waals surface area (Å²) in [4.78, 5) is 10.8. The topological polar surface area (TPSA) is 30.7 Å². The number of thiophene rings is 1. The van der Waals surface area contributed by atoms with Crippen molar-refractivity contribution < 1.29 is 0 Å². The standard InChI is InChI=1S/C40H23N3S/c1-3-11-27-24(9-1)19-22-34-37(27)31-14-5-7-15-33(31)43(34)40-41-38(32-21-17-25-10-2-4-12-28(25)39(32)42-40)26-18-20-30-29-13-6-8-16-35(29)44-36(30)23-26/h1-23H. The van der Waals surface area contributed by atoms with Gasteiger partial charge in [0.25, 0.3) is 0 Å². The Balaban J connectivity index is 1.34. The maximum absolute atomic E-state index is 5.42.